The normalized spacial score (nSPS) is 10.6. The molecular formula is C18H16FNO. The first-order valence-corrected chi connectivity index (χ1v) is 6.81. The Hall–Kier alpha value is -2.55. The third-order valence-corrected chi connectivity index (χ3v) is 3.46. The second-order valence-electron chi connectivity index (χ2n) is 4.88. The summed E-state index contributed by atoms with van der Waals surface area (Å²) in [4.78, 5) is 0. The van der Waals surface area contributed by atoms with Crippen LogP contribution >= 0.6 is 0 Å². The van der Waals surface area contributed by atoms with Gasteiger partial charge in [0.25, 0.3) is 0 Å². The predicted octanol–water partition coefficient (Wildman–Crippen LogP) is 4.60. The minimum absolute atomic E-state index is 0.256. The van der Waals surface area contributed by atoms with E-state index in [0.717, 1.165) is 11.3 Å². The molecule has 0 unspecified atom stereocenters. The standard InChI is InChI=1S/C18H16FNO/c1-21-18-9-8-16(11-17(18)19)20-12-13-6-7-14-4-2-3-5-15(14)10-13/h2-11,20H,12H2,1H3. The van der Waals surface area contributed by atoms with Gasteiger partial charge in [0.15, 0.2) is 11.6 Å². The fraction of sp³-hybridized carbons (Fsp3) is 0.111. The van der Waals surface area contributed by atoms with Gasteiger partial charge in [-0.05, 0) is 34.5 Å². The summed E-state index contributed by atoms with van der Waals surface area (Å²) in [6.07, 6.45) is 0. The van der Waals surface area contributed by atoms with Crippen molar-refractivity contribution in [1.82, 2.24) is 0 Å². The van der Waals surface area contributed by atoms with Gasteiger partial charge in [-0.15, -0.1) is 0 Å². The highest BCUT2D eigenvalue weighted by molar-refractivity contribution is 5.83. The van der Waals surface area contributed by atoms with E-state index in [1.165, 1.54) is 23.9 Å². The van der Waals surface area contributed by atoms with Crippen LogP contribution in [-0.4, -0.2) is 7.11 Å². The second kappa shape index (κ2) is 5.83. The van der Waals surface area contributed by atoms with Gasteiger partial charge in [0.1, 0.15) is 0 Å². The quantitative estimate of drug-likeness (QED) is 0.754. The summed E-state index contributed by atoms with van der Waals surface area (Å²) in [5, 5.41) is 5.65. The zero-order valence-electron chi connectivity index (χ0n) is 11.8. The topological polar surface area (TPSA) is 21.3 Å². The molecule has 3 aromatic carbocycles. The highest BCUT2D eigenvalue weighted by Crippen LogP contribution is 2.21. The molecule has 0 aliphatic heterocycles. The van der Waals surface area contributed by atoms with Gasteiger partial charge in [-0.1, -0.05) is 36.4 Å². The van der Waals surface area contributed by atoms with Crippen LogP contribution in [0.5, 0.6) is 5.75 Å². The van der Waals surface area contributed by atoms with Crippen LogP contribution in [0.1, 0.15) is 5.56 Å². The first-order chi connectivity index (χ1) is 10.3. The van der Waals surface area contributed by atoms with E-state index < -0.39 is 0 Å². The smallest absolute Gasteiger partial charge is 0.167 e. The zero-order valence-corrected chi connectivity index (χ0v) is 11.8. The molecule has 0 fully saturated rings. The second-order valence-corrected chi connectivity index (χ2v) is 4.88. The highest BCUT2D eigenvalue weighted by Gasteiger charge is 2.03. The van der Waals surface area contributed by atoms with Crippen molar-refractivity contribution < 1.29 is 9.13 Å². The number of nitrogens with one attached hydrogen (secondary N) is 1. The zero-order chi connectivity index (χ0) is 14.7. The van der Waals surface area contributed by atoms with E-state index in [0.29, 0.717) is 6.54 Å². The van der Waals surface area contributed by atoms with Crippen LogP contribution in [0.15, 0.2) is 60.7 Å². The number of ether oxygens (including phenoxy) is 1. The monoisotopic (exact) mass is 281 g/mol. The average Bonchev–Trinajstić information content (AvgIpc) is 2.53. The molecule has 3 aromatic rings. The Morgan fingerprint density at radius 1 is 0.952 bits per heavy atom. The van der Waals surface area contributed by atoms with Crippen molar-refractivity contribution in [3.05, 3.63) is 72.0 Å². The van der Waals surface area contributed by atoms with E-state index in [1.807, 2.05) is 18.2 Å². The molecule has 0 aromatic heterocycles. The molecule has 0 aliphatic carbocycles. The molecule has 0 bridgehead atoms. The van der Waals surface area contributed by atoms with E-state index in [2.05, 4.69) is 35.6 Å². The lowest BCUT2D eigenvalue weighted by Crippen LogP contribution is -2.00. The molecule has 2 nitrogen and oxygen atoms in total. The van der Waals surface area contributed by atoms with E-state index in [-0.39, 0.29) is 11.6 Å². The molecule has 21 heavy (non-hydrogen) atoms. The third kappa shape index (κ3) is 2.97. The summed E-state index contributed by atoms with van der Waals surface area (Å²) in [6.45, 7) is 0.649. The molecule has 0 heterocycles. The Labute approximate surface area is 123 Å². The fourth-order valence-electron chi connectivity index (χ4n) is 2.33. The van der Waals surface area contributed by atoms with Crippen LogP contribution in [0.3, 0.4) is 0 Å². The highest BCUT2D eigenvalue weighted by atomic mass is 19.1. The molecule has 1 N–H and O–H groups in total. The molecule has 0 saturated carbocycles. The van der Waals surface area contributed by atoms with Gasteiger partial charge >= 0.3 is 0 Å². The molecule has 0 radical (unpaired) electrons. The summed E-state index contributed by atoms with van der Waals surface area (Å²) in [5.41, 5.74) is 1.89. The maximum Gasteiger partial charge on any atom is 0.167 e. The molecule has 3 heteroatoms. The summed E-state index contributed by atoms with van der Waals surface area (Å²) < 4.78 is 18.5. The Kier molecular flexibility index (Phi) is 3.73. The lowest BCUT2D eigenvalue weighted by Gasteiger charge is -2.09. The largest absolute Gasteiger partial charge is 0.494 e. The summed E-state index contributed by atoms with van der Waals surface area (Å²) in [7, 11) is 1.46. The predicted molar refractivity (Wildman–Crippen MR) is 84.2 cm³/mol. The van der Waals surface area contributed by atoms with Crippen LogP contribution in [0.2, 0.25) is 0 Å². The van der Waals surface area contributed by atoms with Gasteiger partial charge in [-0.25, -0.2) is 4.39 Å². The Balaban J connectivity index is 1.75. The summed E-state index contributed by atoms with van der Waals surface area (Å²) in [5.74, 6) is -0.104. The average molecular weight is 281 g/mol. The molecular weight excluding hydrogens is 265 g/mol. The molecule has 0 aliphatic rings. The van der Waals surface area contributed by atoms with Crippen LogP contribution in [0, 0.1) is 5.82 Å². The lowest BCUT2D eigenvalue weighted by atomic mass is 10.1. The number of hydrogen-bond acceptors (Lipinski definition) is 2. The van der Waals surface area contributed by atoms with Gasteiger partial charge in [0.2, 0.25) is 0 Å². The SMILES string of the molecule is COc1ccc(NCc2ccc3ccccc3c2)cc1F. The van der Waals surface area contributed by atoms with Gasteiger partial charge < -0.3 is 10.1 Å². The summed E-state index contributed by atoms with van der Waals surface area (Å²) in [6, 6.07) is 19.4. The van der Waals surface area contributed by atoms with Crippen molar-refractivity contribution >= 4 is 16.5 Å². The van der Waals surface area contributed by atoms with Gasteiger partial charge in [0.05, 0.1) is 7.11 Å². The lowest BCUT2D eigenvalue weighted by molar-refractivity contribution is 0.386. The number of fused-ring (bicyclic) bond motifs is 1. The van der Waals surface area contributed by atoms with E-state index in [4.69, 9.17) is 4.74 Å². The van der Waals surface area contributed by atoms with Crippen molar-refractivity contribution in [1.29, 1.82) is 0 Å². The van der Waals surface area contributed by atoms with Gasteiger partial charge in [-0.3, -0.25) is 0 Å². The van der Waals surface area contributed by atoms with E-state index >= 15 is 0 Å². The first kappa shape index (κ1) is 13.4. The van der Waals surface area contributed by atoms with Crippen LogP contribution in [0.4, 0.5) is 10.1 Å². The summed E-state index contributed by atoms with van der Waals surface area (Å²) >= 11 is 0. The van der Waals surface area contributed by atoms with Crippen molar-refractivity contribution in [2.24, 2.45) is 0 Å². The van der Waals surface area contributed by atoms with Crippen molar-refractivity contribution in [3.8, 4) is 5.75 Å². The fourth-order valence-corrected chi connectivity index (χ4v) is 2.33. The van der Waals surface area contributed by atoms with Crippen molar-refractivity contribution in [2.45, 2.75) is 6.54 Å². The van der Waals surface area contributed by atoms with Crippen molar-refractivity contribution in [3.63, 3.8) is 0 Å². The molecule has 3 rings (SSSR count). The minimum Gasteiger partial charge on any atom is -0.494 e. The molecule has 0 saturated heterocycles. The number of hydrogen-bond donors (Lipinski definition) is 1. The number of benzene rings is 3. The Morgan fingerprint density at radius 2 is 1.76 bits per heavy atom. The maximum atomic E-state index is 13.6. The van der Waals surface area contributed by atoms with Gasteiger partial charge in [0, 0.05) is 18.3 Å². The Morgan fingerprint density at radius 3 is 2.52 bits per heavy atom. The maximum absolute atomic E-state index is 13.6. The number of methoxy groups -OCH3 is 1. The number of rotatable bonds is 4. The van der Waals surface area contributed by atoms with E-state index in [9.17, 15) is 4.39 Å². The number of anilines is 1. The van der Waals surface area contributed by atoms with E-state index in [1.54, 1.807) is 6.07 Å². The molecule has 0 spiro atoms. The number of halogens is 1. The molecule has 0 amide bonds. The molecule has 106 valence electrons. The van der Waals surface area contributed by atoms with Gasteiger partial charge in [-0.2, -0.15) is 0 Å². The Bertz CT molecular complexity index is 770. The van der Waals surface area contributed by atoms with Crippen LogP contribution in [-0.2, 0) is 6.54 Å². The molecule has 0 atom stereocenters. The van der Waals surface area contributed by atoms with Crippen LogP contribution < -0.4 is 10.1 Å². The van der Waals surface area contributed by atoms with Crippen molar-refractivity contribution in [2.75, 3.05) is 12.4 Å². The first-order valence-electron chi connectivity index (χ1n) is 6.81. The third-order valence-electron chi connectivity index (χ3n) is 3.46. The minimum atomic E-state index is -0.360. The van der Waals surface area contributed by atoms with Crippen LogP contribution in [0.25, 0.3) is 10.8 Å².